The van der Waals surface area contributed by atoms with Crippen LogP contribution < -0.4 is 5.32 Å². The molecule has 1 atom stereocenters. The third-order valence-corrected chi connectivity index (χ3v) is 4.86. The zero-order valence-electron chi connectivity index (χ0n) is 12.3. The van der Waals surface area contributed by atoms with E-state index >= 15 is 0 Å². The van der Waals surface area contributed by atoms with Gasteiger partial charge >= 0.3 is 0 Å². The lowest BCUT2D eigenvalue weighted by molar-refractivity contribution is 0.705. The number of thiophene rings is 1. The topological polar surface area (TPSA) is 37.8 Å². The molecule has 108 valence electrons. The molecule has 0 amide bonds. The van der Waals surface area contributed by atoms with Gasteiger partial charge in [0.15, 0.2) is 0 Å². The van der Waals surface area contributed by atoms with E-state index < -0.39 is 0 Å². The lowest BCUT2D eigenvalue weighted by atomic mass is 9.98. The summed E-state index contributed by atoms with van der Waals surface area (Å²) in [6.45, 7) is 5.27. The van der Waals surface area contributed by atoms with Crippen molar-refractivity contribution in [1.82, 2.24) is 9.97 Å². The van der Waals surface area contributed by atoms with Gasteiger partial charge in [0, 0.05) is 6.54 Å². The normalized spacial score (nSPS) is 12.5. The number of anilines is 1. The van der Waals surface area contributed by atoms with Crippen LogP contribution in [0.1, 0.15) is 30.4 Å². The van der Waals surface area contributed by atoms with Crippen molar-refractivity contribution in [2.24, 2.45) is 0 Å². The Kier molecular flexibility index (Phi) is 4.15. The smallest absolute Gasteiger partial charge is 0.147 e. The molecule has 4 heteroatoms. The molecule has 2 heterocycles. The zero-order valence-corrected chi connectivity index (χ0v) is 13.2. The SMILES string of the molecule is Cc1csc2c(NCCC(C)c3ccccc3)ncnc12. The molecule has 0 aliphatic rings. The quantitative estimate of drug-likeness (QED) is 0.747. The van der Waals surface area contributed by atoms with Gasteiger partial charge in [-0.1, -0.05) is 37.3 Å². The molecule has 1 aromatic carbocycles. The number of fused-ring (bicyclic) bond motifs is 1. The van der Waals surface area contributed by atoms with Crippen LogP contribution in [-0.2, 0) is 0 Å². The fourth-order valence-electron chi connectivity index (χ4n) is 2.45. The van der Waals surface area contributed by atoms with E-state index in [2.05, 4.69) is 64.8 Å². The Morgan fingerprint density at radius 2 is 2.00 bits per heavy atom. The Morgan fingerprint density at radius 1 is 1.19 bits per heavy atom. The molecule has 2 aromatic heterocycles. The molecule has 0 bridgehead atoms. The highest BCUT2D eigenvalue weighted by molar-refractivity contribution is 7.18. The molecule has 0 saturated carbocycles. The number of nitrogens with zero attached hydrogens (tertiary/aromatic N) is 2. The average molecular weight is 297 g/mol. The number of hydrogen-bond donors (Lipinski definition) is 1. The minimum Gasteiger partial charge on any atom is -0.369 e. The van der Waals surface area contributed by atoms with Crippen LogP contribution in [-0.4, -0.2) is 16.5 Å². The minimum absolute atomic E-state index is 0.543. The van der Waals surface area contributed by atoms with Gasteiger partial charge in [0.1, 0.15) is 12.1 Å². The second-order valence-corrected chi connectivity index (χ2v) is 6.23. The van der Waals surface area contributed by atoms with E-state index in [0.717, 1.165) is 29.0 Å². The Morgan fingerprint density at radius 3 is 2.81 bits per heavy atom. The van der Waals surface area contributed by atoms with Crippen LogP contribution in [0.5, 0.6) is 0 Å². The highest BCUT2D eigenvalue weighted by Gasteiger charge is 2.09. The summed E-state index contributed by atoms with van der Waals surface area (Å²) in [6, 6.07) is 10.6. The summed E-state index contributed by atoms with van der Waals surface area (Å²) >= 11 is 1.71. The summed E-state index contributed by atoms with van der Waals surface area (Å²) in [4.78, 5) is 8.73. The van der Waals surface area contributed by atoms with Crippen LogP contribution >= 0.6 is 11.3 Å². The number of aromatic nitrogens is 2. The number of benzene rings is 1. The number of rotatable bonds is 5. The van der Waals surface area contributed by atoms with Gasteiger partial charge in [-0.05, 0) is 35.8 Å². The molecule has 3 nitrogen and oxygen atoms in total. The van der Waals surface area contributed by atoms with Gasteiger partial charge < -0.3 is 5.32 Å². The number of hydrogen-bond acceptors (Lipinski definition) is 4. The van der Waals surface area contributed by atoms with Gasteiger partial charge in [0.25, 0.3) is 0 Å². The van der Waals surface area contributed by atoms with Crippen LogP contribution in [0, 0.1) is 6.92 Å². The molecule has 0 saturated heterocycles. The van der Waals surface area contributed by atoms with E-state index in [0.29, 0.717) is 5.92 Å². The third kappa shape index (κ3) is 3.05. The molecule has 3 rings (SSSR count). The Hall–Kier alpha value is -1.94. The van der Waals surface area contributed by atoms with Crippen molar-refractivity contribution in [3.8, 4) is 0 Å². The van der Waals surface area contributed by atoms with E-state index in [1.165, 1.54) is 11.1 Å². The van der Waals surface area contributed by atoms with Crippen molar-refractivity contribution < 1.29 is 0 Å². The molecule has 0 aliphatic heterocycles. The average Bonchev–Trinajstić information content (AvgIpc) is 2.91. The number of aryl methyl sites for hydroxylation is 1. The molecular weight excluding hydrogens is 278 g/mol. The van der Waals surface area contributed by atoms with Crippen molar-refractivity contribution in [3.05, 3.63) is 53.2 Å². The van der Waals surface area contributed by atoms with Gasteiger partial charge in [-0.2, -0.15) is 0 Å². The maximum Gasteiger partial charge on any atom is 0.147 e. The molecule has 1 unspecified atom stereocenters. The van der Waals surface area contributed by atoms with Crippen LogP contribution in [0.4, 0.5) is 5.82 Å². The molecule has 21 heavy (non-hydrogen) atoms. The van der Waals surface area contributed by atoms with Gasteiger partial charge in [-0.3, -0.25) is 0 Å². The summed E-state index contributed by atoms with van der Waals surface area (Å²) < 4.78 is 1.15. The largest absolute Gasteiger partial charge is 0.369 e. The highest BCUT2D eigenvalue weighted by Crippen LogP contribution is 2.28. The minimum atomic E-state index is 0.543. The van der Waals surface area contributed by atoms with Crippen molar-refractivity contribution >= 4 is 27.4 Å². The number of nitrogens with one attached hydrogen (secondary N) is 1. The van der Waals surface area contributed by atoms with Crippen molar-refractivity contribution in [1.29, 1.82) is 0 Å². The van der Waals surface area contributed by atoms with E-state index in [1.54, 1.807) is 17.7 Å². The van der Waals surface area contributed by atoms with Gasteiger partial charge in [0.2, 0.25) is 0 Å². The highest BCUT2D eigenvalue weighted by atomic mass is 32.1. The zero-order chi connectivity index (χ0) is 14.7. The molecule has 3 aromatic rings. The predicted molar refractivity (Wildman–Crippen MR) is 90.1 cm³/mol. The monoisotopic (exact) mass is 297 g/mol. The van der Waals surface area contributed by atoms with Gasteiger partial charge in [-0.15, -0.1) is 11.3 Å². The maximum absolute atomic E-state index is 4.38. The third-order valence-electron chi connectivity index (χ3n) is 3.77. The van der Waals surface area contributed by atoms with Crippen molar-refractivity contribution in [2.75, 3.05) is 11.9 Å². The fraction of sp³-hybridized carbons (Fsp3) is 0.294. The first-order chi connectivity index (χ1) is 10.3. The van der Waals surface area contributed by atoms with Crippen LogP contribution in [0.2, 0.25) is 0 Å². The Balaban J connectivity index is 1.65. The second-order valence-electron chi connectivity index (χ2n) is 5.35. The molecule has 0 fully saturated rings. The van der Waals surface area contributed by atoms with Crippen LogP contribution in [0.3, 0.4) is 0 Å². The van der Waals surface area contributed by atoms with E-state index in [1.807, 2.05) is 0 Å². The summed E-state index contributed by atoms with van der Waals surface area (Å²) in [5.74, 6) is 1.50. The lowest BCUT2D eigenvalue weighted by Crippen LogP contribution is -2.07. The predicted octanol–water partition coefficient (Wildman–Crippen LogP) is 4.61. The first-order valence-electron chi connectivity index (χ1n) is 7.23. The van der Waals surface area contributed by atoms with Crippen LogP contribution in [0.15, 0.2) is 42.0 Å². The van der Waals surface area contributed by atoms with E-state index in [4.69, 9.17) is 0 Å². The summed E-state index contributed by atoms with van der Waals surface area (Å²) in [5.41, 5.74) is 3.67. The fourth-order valence-corrected chi connectivity index (χ4v) is 3.42. The standard InChI is InChI=1S/C17H19N3S/c1-12(14-6-4-3-5-7-14)8-9-18-17-16-15(19-11-20-17)13(2)10-21-16/h3-7,10-12H,8-9H2,1-2H3,(H,18,19,20). The van der Waals surface area contributed by atoms with E-state index in [9.17, 15) is 0 Å². The Bertz CT molecular complexity index is 721. The van der Waals surface area contributed by atoms with E-state index in [-0.39, 0.29) is 0 Å². The van der Waals surface area contributed by atoms with Gasteiger partial charge in [0.05, 0.1) is 10.2 Å². The van der Waals surface area contributed by atoms with Crippen LogP contribution in [0.25, 0.3) is 10.2 Å². The molecule has 0 spiro atoms. The first kappa shape index (κ1) is 14.0. The lowest BCUT2D eigenvalue weighted by Gasteiger charge is -2.12. The molecule has 0 aliphatic carbocycles. The summed E-state index contributed by atoms with van der Waals surface area (Å²) in [7, 11) is 0. The van der Waals surface area contributed by atoms with Crippen molar-refractivity contribution in [3.63, 3.8) is 0 Å². The second kappa shape index (κ2) is 6.22. The summed E-state index contributed by atoms with van der Waals surface area (Å²) in [5, 5.41) is 5.60. The molecule has 0 radical (unpaired) electrons. The maximum atomic E-state index is 4.38. The molecule has 1 N–H and O–H groups in total. The first-order valence-corrected chi connectivity index (χ1v) is 8.11. The van der Waals surface area contributed by atoms with Crippen molar-refractivity contribution in [2.45, 2.75) is 26.2 Å². The summed E-state index contributed by atoms with van der Waals surface area (Å²) in [6.07, 6.45) is 2.73. The molecular formula is C17H19N3S. The van der Waals surface area contributed by atoms with Gasteiger partial charge in [-0.25, -0.2) is 9.97 Å². The Labute approximate surface area is 129 Å².